The maximum atomic E-state index is 13.0. The predicted molar refractivity (Wildman–Crippen MR) is 67.3 cm³/mol. The zero-order chi connectivity index (χ0) is 15.6. The molecule has 2 rings (SSSR count). The second-order valence-corrected chi connectivity index (χ2v) is 4.12. The van der Waals surface area contributed by atoms with Crippen LogP contribution in [0.2, 0.25) is 0 Å². The lowest BCUT2D eigenvalue weighted by atomic mass is 10.1. The molecule has 1 heterocycles. The van der Waals surface area contributed by atoms with E-state index in [-0.39, 0.29) is 16.9 Å². The summed E-state index contributed by atoms with van der Waals surface area (Å²) >= 11 is 0. The minimum atomic E-state index is -4.65. The molecular formula is C13H10F3N3O2. The number of nitrogens with zero attached hydrogens (tertiary/aromatic N) is 2. The van der Waals surface area contributed by atoms with Crippen LogP contribution in [-0.4, -0.2) is 29.0 Å². The van der Waals surface area contributed by atoms with E-state index < -0.39 is 17.6 Å². The van der Waals surface area contributed by atoms with Gasteiger partial charge in [0.1, 0.15) is 6.29 Å². The molecule has 0 saturated carbocycles. The van der Waals surface area contributed by atoms with Crippen molar-refractivity contribution in [2.24, 2.45) is 0 Å². The van der Waals surface area contributed by atoms with Crippen LogP contribution in [0.3, 0.4) is 0 Å². The van der Waals surface area contributed by atoms with Gasteiger partial charge in [-0.1, -0.05) is 0 Å². The van der Waals surface area contributed by atoms with Crippen LogP contribution in [0.1, 0.15) is 26.4 Å². The van der Waals surface area contributed by atoms with Crippen molar-refractivity contribution in [1.82, 2.24) is 15.1 Å². The van der Waals surface area contributed by atoms with Gasteiger partial charge in [0, 0.05) is 18.8 Å². The van der Waals surface area contributed by atoms with Crippen molar-refractivity contribution in [2.45, 2.75) is 6.18 Å². The molecule has 0 fully saturated rings. The third-order valence-electron chi connectivity index (χ3n) is 2.76. The van der Waals surface area contributed by atoms with Gasteiger partial charge >= 0.3 is 6.18 Å². The Morgan fingerprint density at radius 2 is 2.05 bits per heavy atom. The SMILES string of the molecule is CNC(=O)c1ccn(-c2ccc(C=O)cc2C(F)(F)F)n1. The fourth-order valence-corrected chi connectivity index (χ4v) is 1.76. The maximum Gasteiger partial charge on any atom is 0.418 e. The van der Waals surface area contributed by atoms with Gasteiger partial charge in [0.2, 0.25) is 0 Å². The topological polar surface area (TPSA) is 64.0 Å². The molecule has 5 nitrogen and oxygen atoms in total. The van der Waals surface area contributed by atoms with Crippen LogP contribution in [-0.2, 0) is 6.18 Å². The number of alkyl halides is 3. The van der Waals surface area contributed by atoms with Crippen molar-refractivity contribution in [1.29, 1.82) is 0 Å². The zero-order valence-corrected chi connectivity index (χ0v) is 10.8. The van der Waals surface area contributed by atoms with E-state index in [1.165, 1.54) is 25.4 Å². The van der Waals surface area contributed by atoms with E-state index in [1.807, 2.05) is 0 Å². The van der Waals surface area contributed by atoms with Gasteiger partial charge in [-0.25, -0.2) is 4.68 Å². The highest BCUT2D eigenvalue weighted by atomic mass is 19.4. The monoisotopic (exact) mass is 297 g/mol. The summed E-state index contributed by atoms with van der Waals surface area (Å²) in [6, 6.07) is 4.42. The highest BCUT2D eigenvalue weighted by Gasteiger charge is 2.34. The molecule has 1 aromatic heterocycles. The number of hydrogen-bond donors (Lipinski definition) is 1. The Kier molecular flexibility index (Phi) is 3.79. The third kappa shape index (κ3) is 2.93. The van der Waals surface area contributed by atoms with Crippen LogP contribution < -0.4 is 5.32 Å². The molecule has 0 spiro atoms. The fraction of sp³-hybridized carbons (Fsp3) is 0.154. The van der Waals surface area contributed by atoms with Gasteiger partial charge in [0.25, 0.3) is 5.91 Å². The van der Waals surface area contributed by atoms with Gasteiger partial charge in [-0.3, -0.25) is 9.59 Å². The van der Waals surface area contributed by atoms with Crippen molar-refractivity contribution >= 4 is 12.2 Å². The van der Waals surface area contributed by atoms with Crippen LogP contribution in [0.5, 0.6) is 0 Å². The number of aldehydes is 1. The Labute approximate surface area is 117 Å². The van der Waals surface area contributed by atoms with E-state index >= 15 is 0 Å². The molecule has 0 atom stereocenters. The number of nitrogens with one attached hydrogen (secondary N) is 1. The second kappa shape index (κ2) is 5.39. The summed E-state index contributed by atoms with van der Waals surface area (Å²) in [5.41, 5.74) is -1.36. The summed E-state index contributed by atoms with van der Waals surface area (Å²) in [5, 5.41) is 6.12. The summed E-state index contributed by atoms with van der Waals surface area (Å²) in [6.07, 6.45) is -3.07. The van der Waals surface area contributed by atoms with Crippen molar-refractivity contribution in [3.05, 3.63) is 47.3 Å². The van der Waals surface area contributed by atoms with Crippen molar-refractivity contribution in [3.8, 4) is 5.69 Å². The van der Waals surface area contributed by atoms with Crippen molar-refractivity contribution < 1.29 is 22.8 Å². The first kappa shape index (κ1) is 14.8. The number of rotatable bonds is 3. The minimum absolute atomic E-state index is 0.00918. The molecule has 0 saturated heterocycles. The molecule has 0 aliphatic rings. The Hall–Kier alpha value is -2.64. The Morgan fingerprint density at radius 1 is 1.33 bits per heavy atom. The van der Waals surface area contributed by atoms with Crippen molar-refractivity contribution in [2.75, 3.05) is 7.05 Å². The number of carbonyl (C=O) groups excluding carboxylic acids is 2. The minimum Gasteiger partial charge on any atom is -0.354 e. The number of hydrogen-bond acceptors (Lipinski definition) is 3. The van der Waals surface area contributed by atoms with Crippen LogP contribution >= 0.6 is 0 Å². The molecule has 110 valence electrons. The van der Waals surface area contributed by atoms with Crippen LogP contribution in [0.4, 0.5) is 13.2 Å². The average molecular weight is 297 g/mol. The molecule has 0 aliphatic heterocycles. The van der Waals surface area contributed by atoms with Crippen LogP contribution in [0.25, 0.3) is 5.69 Å². The summed E-state index contributed by atoms with van der Waals surface area (Å²) in [7, 11) is 1.39. The van der Waals surface area contributed by atoms with Gasteiger partial charge in [-0.2, -0.15) is 18.3 Å². The molecular weight excluding hydrogens is 287 g/mol. The standard InChI is InChI=1S/C13H10F3N3O2/c1-17-12(21)10-4-5-19(18-10)11-3-2-8(7-20)6-9(11)13(14,15)16/h2-7H,1H3,(H,17,21). The first-order valence-corrected chi connectivity index (χ1v) is 5.81. The predicted octanol–water partition coefficient (Wildman–Crippen LogP) is 2.06. The molecule has 21 heavy (non-hydrogen) atoms. The quantitative estimate of drug-likeness (QED) is 0.882. The van der Waals surface area contributed by atoms with Gasteiger partial charge < -0.3 is 5.32 Å². The lowest BCUT2D eigenvalue weighted by Crippen LogP contribution is -2.19. The lowest BCUT2D eigenvalue weighted by Gasteiger charge is -2.13. The smallest absolute Gasteiger partial charge is 0.354 e. The van der Waals surface area contributed by atoms with E-state index in [2.05, 4.69) is 10.4 Å². The van der Waals surface area contributed by atoms with E-state index in [4.69, 9.17) is 0 Å². The number of amides is 1. The molecule has 0 unspecified atom stereocenters. The molecule has 0 aliphatic carbocycles. The molecule has 1 aromatic carbocycles. The second-order valence-electron chi connectivity index (χ2n) is 4.12. The van der Waals surface area contributed by atoms with Crippen LogP contribution in [0, 0.1) is 0 Å². The first-order valence-electron chi connectivity index (χ1n) is 5.81. The molecule has 1 N–H and O–H groups in total. The van der Waals surface area contributed by atoms with E-state index in [1.54, 1.807) is 0 Å². The maximum absolute atomic E-state index is 13.0. The number of halogens is 3. The fourth-order valence-electron chi connectivity index (χ4n) is 1.76. The number of carbonyl (C=O) groups is 2. The Balaban J connectivity index is 2.55. The average Bonchev–Trinajstić information content (AvgIpc) is 2.94. The highest BCUT2D eigenvalue weighted by molar-refractivity contribution is 5.91. The molecule has 0 bridgehead atoms. The molecule has 2 aromatic rings. The highest BCUT2D eigenvalue weighted by Crippen LogP contribution is 2.34. The molecule has 8 heteroatoms. The van der Waals surface area contributed by atoms with E-state index in [0.717, 1.165) is 16.8 Å². The third-order valence-corrected chi connectivity index (χ3v) is 2.76. The first-order chi connectivity index (χ1) is 9.86. The van der Waals surface area contributed by atoms with Crippen LogP contribution in [0.15, 0.2) is 30.5 Å². The van der Waals surface area contributed by atoms with E-state index in [0.29, 0.717) is 6.29 Å². The molecule has 0 radical (unpaired) electrons. The number of benzene rings is 1. The lowest BCUT2D eigenvalue weighted by molar-refractivity contribution is -0.137. The summed E-state index contributed by atoms with van der Waals surface area (Å²) < 4.78 is 40.1. The Morgan fingerprint density at radius 3 is 2.62 bits per heavy atom. The largest absolute Gasteiger partial charge is 0.418 e. The van der Waals surface area contributed by atoms with E-state index in [9.17, 15) is 22.8 Å². The molecule has 1 amide bonds. The van der Waals surface area contributed by atoms with Crippen molar-refractivity contribution in [3.63, 3.8) is 0 Å². The van der Waals surface area contributed by atoms with Gasteiger partial charge in [-0.15, -0.1) is 0 Å². The van der Waals surface area contributed by atoms with Gasteiger partial charge in [0.05, 0.1) is 11.3 Å². The Bertz CT molecular complexity index is 692. The zero-order valence-electron chi connectivity index (χ0n) is 10.8. The van der Waals surface area contributed by atoms with Gasteiger partial charge in [0.15, 0.2) is 5.69 Å². The summed E-state index contributed by atoms with van der Waals surface area (Å²) in [6.45, 7) is 0. The normalized spacial score (nSPS) is 11.2. The number of aromatic nitrogens is 2. The summed E-state index contributed by atoms with van der Waals surface area (Å²) in [5.74, 6) is -0.508. The van der Waals surface area contributed by atoms with Gasteiger partial charge in [-0.05, 0) is 24.3 Å². The summed E-state index contributed by atoms with van der Waals surface area (Å²) in [4.78, 5) is 22.0.